The predicted octanol–water partition coefficient (Wildman–Crippen LogP) is 1.76. The van der Waals surface area contributed by atoms with Crippen LogP contribution in [0.25, 0.3) is 11.0 Å². The number of hydrogen-bond acceptors (Lipinski definition) is 6. The average molecular weight is 355 g/mol. The molecule has 3 rings (SSSR count). The topological polar surface area (TPSA) is 137 Å². The Hall–Kier alpha value is -3.81. The lowest BCUT2D eigenvalue weighted by molar-refractivity contribution is -0.139. The number of nitrogens with one attached hydrogen (secondary N) is 1. The molecule has 8 nitrogen and oxygen atoms in total. The number of fused-ring (bicyclic) bond motifs is 1. The molecule has 0 fully saturated rings. The summed E-state index contributed by atoms with van der Waals surface area (Å²) in [4.78, 5) is 35.9. The van der Waals surface area contributed by atoms with Crippen molar-refractivity contribution < 1.29 is 29.3 Å². The fourth-order valence-corrected chi connectivity index (χ4v) is 2.43. The highest BCUT2D eigenvalue weighted by molar-refractivity contribution is 5.98. The number of hydrogen-bond donors (Lipinski definition) is 4. The summed E-state index contributed by atoms with van der Waals surface area (Å²) in [6, 6.07) is 9.05. The lowest BCUT2D eigenvalue weighted by Crippen LogP contribution is -2.36. The number of carbonyl (C=O) groups is 2. The van der Waals surface area contributed by atoms with E-state index in [-0.39, 0.29) is 22.6 Å². The molecule has 1 heterocycles. The molecule has 0 aliphatic heterocycles. The van der Waals surface area contributed by atoms with E-state index < -0.39 is 29.1 Å². The molecular formula is C18H13NO7. The highest BCUT2D eigenvalue weighted by atomic mass is 16.4. The molecule has 0 radical (unpaired) electrons. The number of rotatable bonds is 4. The van der Waals surface area contributed by atoms with Gasteiger partial charge < -0.3 is 25.1 Å². The van der Waals surface area contributed by atoms with Crippen LogP contribution in [0.4, 0.5) is 0 Å². The maximum Gasteiger partial charge on any atom is 0.349 e. The van der Waals surface area contributed by atoms with Gasteiger partial charge in [-0.15, -0.1) is 0 Å². The Bertz CT molecular complexity index is 1050. The first-order chi connectivity index (χ1) is 12.3. The average Bonchev–Trinajstić information content (AvgIpc) is 2.60. The van der Waals surface area contributed by atoms with E-state index in [0.717, 1.165) is 0 Å². The zero-order chi connectivity index (χ0) is 18.8. The third-order valence-electron chi connectivity index (χ3n) is 3.71. The SMILES string of the molecule is O=C(NC(C(=O)O)c1ccc(O)cc1)c1cc2cc(O)ccc2oc1=O. The third-order valence-corrected chi connectivity index (χ3v) is 3.71. The first-order valence-electron chi connectivity index (χ1n) is 7.44. The van der Waals surface area contributed by atoms with Crippen molar-refractivity contribution in [2.75, 3.05) is 0 Å². The van der Waals surface area contributed by atoms with E-state index in [1.54, 1.807) is 0 Å². The summed E-state index contributed by atoms with van der Waals surface area (Å²) in [6.45, 7) is 0. The van der Waals surface area contributed by atoms with Gasteiger partial charge in [-0.2, -0.15) is 0 Å². The van der Waals surface area contributed by atoms with Gasteiger partial charge in [-0.05, 0) is 42.0 Å². The Morgan fingerprint density at radius 2 is 1.62 bits per heavy atom. The van der Waals surface area contributed by atoms with Crippen LogP contribution in [0.5, 0.6) is 11.5 Å². The predicted molar refractivity (Wildman–Crippen MR) is 90.1 cm³/mol. The molecule has 0 aliphatic carbocycles. The number of aromatic hydroxyl groups is 2. The number of carbonyl (C=O) groups excluding carboxylic acids is 1. The van der Waals surface area contributed by atoms with E-state index in [2.05, 4.69) is 5.32 Å². The lowest BCUT2D eigenvalue weighted by atomic mass is 10.1. The molecule has 1 atom stereocenters. The number of amides is 1. The second-order valence-electron chi connectivity index (χ2n) is 5.51. The maximum atomic E-state index is 12.4. The first-order valence-corrected chi connectivity index (χ1v) is 7.44. The molecular weight excluding hydrogens is 342 g/mol. The van der Waals surface area contributed by atoms with E-state index in [9.17, 15) is 29.7 Å². The normalized spacial score (nSPS) is 11.8. The molecule has 1 unspecified atom stereocenters. The monoisotopic (exact) mass is 355 g/mol. The van der Waals surface area contributed by atoms with Crippen molar-refractivity contribution in [1.82, 2.24) is 5.32 Å². The standard InChI is InChI=1S/C18H13NO7/c20-11-3-1-9(2-4-11)15(17(23)24)19-16(22)13-8-10-7-12(21)5-6-14(10)26-18(13)25/h1-8,15,20-21H,(H,19,22)(H,23,24). The molecule has 4 N–H and O–H groups in total. The summed E-state index contributed by atoms with van der Waals surface area (Å²) in [5.41, 5.74) is -0.937. The molecule has 0 aliphatic rings. The van der Waals surface area contributed by atoms with Crippen molar-refractivity contribution >= 4 is 22.8 Å². The summed E-state index contributed by atoms with van der Waals surface area (Å²) in [6.07, 6.45) is 0. The van der Waals surface area contributed by atoms with Gasteiger partial charge in [0.2, 0.25) is 0 Å². The second kappa shape index (κ2) is 6.60. The zero-order valence-electron chi connectivity index (χ0n) is 13.2. The van der Waals surface area contributed by atoms with Crippen molar-refractivity contribution in [3.8, 4) is 11.5 Å². The largest absolute Gasteiger partial charge is 0.508 e. The minimum Gasteiger partial charge on any atom is -0.508 e. The van der Waals surface area contributed by atoms with Crippen LogP contribution >= 0.6 is 0 Å². The smallest absolute Gasteiger partial charge is 0.349 e. The maximum absolute atomic E-state index is 12.4. The van der Waals surface area contributed by atoms with Crippen molar-refractivity contribution in [3.63, 3.8) is 0 Å². The quantitative estimate of drug-likeness (QED) is 0.523. The van der Waals surface area contributed by atoms with Gasteiger partial charge in [-0.1, -0.05) is 12.1 Å². The van der Waals surface area contributed by atoms with Crippen LogP contribution in [-0.2, 0) is 4.79 Å². The minimum atomic E-state index is -1.43. The molecule has 1 aromatic heterocycles. The molecule has 0 spiro atoms. The van der Waals surface area contributed by atoms with Gasteiger partial charge in [0.15, 0.2) is 6.04 Å². The summed E-state index contributed by atoms with van der Waals surface area (Å²) in [5.74, 6) is -2.42. The molecule has 132 valence electrons. The molecule has 0 saturated carbocycles. The van der Waals surface area contributed by atoms with Crippen LogP contribution < -0.4 is 10.9 Å². The molecule has 0 bridgehead atoms. The zero-order valence-corrected chi connectivity index (χ0v) is 13.2. The van der Waals surface area contributed by atoms with Gasteiger partial charge in [0.1, 0.15) is 22.6 Å². The van der Waals surface area contributed by atoms with E-state index in [0.29, 0.717) is 5.39 Å². The van der Waals surface area contributed by atoms with Crippen LogP contribution in [0.2, 0.25) is 0 Å². The Labute approximate surface area is 145 Å². The van der Waals surface area contributed by atoms with E-state index in [1.807, 2.05) is 0 Å². The van der Waals surface area contributed by atoms with Crippen molar-refractivity contribution in [2.24, 2.45) is 0 Å². The van der Waals surface area contributed by atoms with Gasteiger partial charge in [-0.25, -0.2) is 9.59 Å². The lowest BCUT2D eigenvalue weighted by Gasteiger charge is -2.14. The van der Waals surface area contributed by atoms with Crippen LogP contribution in [-0.4, -0.2) is 27.2 Å². The number of phenolic OH excluding ortho intramolecular Hbond substituents is 2. The van der Waals surface area contributed by atoms with Crippen LogP contribution in [0.3, 0.4) is 0 Å². The van der Waals surface area contributed by atoms with E-state index >= 15 is 0 Å². The molecule has 3 aromatic rings. The number of carboxylic acid groups (broad SMARTS) is 1. The fraction of sp³-hybridized carbons (Fsp3) is 0.0556. The van der Waals surface area contributed by atoms with Crippen LogP contribution in [0, 0.1) is 0 Å². The van der Waals surface area contributed by atoms with E-state index in [1.165, 1.54) is 48.5 Å². The Kier molecular flexibility index (Phi) is 4.32. The highest BCUT2D eigenvalue weighted by Crippen LogP contribution is 2.21. The summed E-state index contributed by atoms with van der Waals surface area (Å²) < 4.78 is 5.02. The number of benzene rings is 2. The minimum absolute atomic E-state index is 0.0563. The highest BCUT2D eigenvalue weighted by Gasteiger charge is 2.24. The summed E-state index contributed by atoms with van der Waals surface area (Å²) in [7, 11) is 0. The molecule has 8 heteroatoms. The number of carboxylic acids is 1. The molecule has 26 heavy (non-hydrogen) atoms. The third kappa shape index (κ3) is 3.34. The fourth-order valence-electron chi connectivity index (χ4n) is 2.43. The molecule has 1 amide bonds. The van der Waals surface area contributed by atoms with Crippen molar-refractivity contribution in [3.05, 3.63) is 70.1 Å². The number of phenols is 2. The molecule has 2 aromatic carbocycles. The second-order valence-corrected chi connectivity index (χ2v) is 5.51. The summed E-state index contributed by atoms with van der Waals surface area (Å²) >= 11 is 0. The Morgan fingerprint density at radius 3 is 2.27 bits per heavy atom. The first kappa shape index (κ1) is 17.0. The Morgan fingerprint density at radius 1 is 0.962 bits per heavy atom. The van der Waals surface area contributed by atoms with Gasteiger partial charge in [-0.3, -0.25) is 4.79 Å². The van der Waals surface area contributed by atoms with Gasteiger partial charge in [0, 0.05) is 5.39 Å². The van der Waals surface area contributed by atoms with Gasteiger partial charge in [0.25, 0.3) is 5.91 Å². The van der Waals surface area contributed by atoms with E-state index in [4.69, 9.17) is 4.42 Å². The van der Waals surface area contributed by atoms with Crippen molar-refractivity contribution in [1.29, 1.82) is 0 Å². The molecule has 0 saturated heterocycles. The van der Waals surface area contributed by atoms with Gasteiger partial charge >= 0.3 is 11.6 Å². The number of aliphatic carboxylic acids is 1. The van der Waals surface area contributed by atoms with Crippen molar-refractivity contribution in [2.45, 2.75) is 6.04 Å². The van der Waals surface area contributed by atoms with Crippen LogP contribution in [0.15, 0.2) is 57.7 Å². The van der Waals surface area contributed by atoms with Crippen LogP contribution in [0.1, 0.15) is 22.0 Å². The summed E-state index contributed by atoms with van der Waals surface area (Å²) in [5, 5.41) is 30.7. The van der Waals surface area contributed by atoms with Gasteiger partial charge in [0.05, 0.1) is 0 Å². The Balaban J connectivity index is 1.96.